The van der Waals surface area contributed by atoms with E-state index in [1.165, 1.54) is 6.21 Å². The number of carbonyl (C=O) groups is 1. The quantitative estimate of drug-likeness (QED) is 0.752. The summed E-state index contributed by atoms with van der Waals surface area (Å²) in [5.41, 5.74) is 1.85. The van der Waals surface area contributed by atoms with Crippen molar-refractivity contribution >= 4 is 17.7 Å². The van der Waals surface area contributed by atoms with E-state index in [4.69, 9.17) is 14.2 Å². The number of carbonyl (C=O) groups excluding carboxylic acids is 1. The number of allylic oxidation sites excluding steroid dienone is 2. The minimum Gasteiger partial charge on any atom is -0.511 e. The first-order chi connectivity index (χ1) is 13.5. The Hall–Kier alpha value is -3.28. The lowest BCUT2D eigenvalue weighted by Crippen LogP contribution is -2.19. The van der Waals surface area contributed by atoms with Gasteiger partial charge >= 0.3 is 0 Å². The van der Waals surface area contributed by atoms with Gasteiger partial charge in [-0.15, -0.1) is 0 Å². The third-order valence-electron chi connectivity index (χ3n) is 4.78. The second kappa shape index (κ2) is 8.61. The van der Waals surface area contributed by atoms with Crippen molar-refractivity contribution in [1.29, 1.82) is 0 Å². The number of Topliss-reactive ketones (excluding diaryl/α,β-unsaturated/α-hetero) is 1. The number of hydrogen-bond donors (Lipinski definition) is 1. The van der Waals surface area contributed by atoms with Crippen LogP contribution in [0.15, 0.2) is 58.8 Å². The molecule has 0 fully saturated rings. The summed E-state index contributed by atoms with van der Waals surface area (Å²) in [6.45, 7) is 0. The van der Waals surface area contributed by atoms with Gasteiger partial charge in [-0.05, 0) is 47.9 Å². The van der Waals surface area contributed by atoms with Gasteiger partial charge in [-0.1, -0.05) is 6.07 Å². The van der Waals surface area contributed by atoms with Crippen molar-refractivity contribution in [2.75, 3.05) is 21.3 Å². The molecule has 1 atom stereocenters. The molecule has 0 heterocycles. The molecule has 0 aromatic heterocycles. The summed E-state index contributed by atoms with van der Waals surface area (Å²) in [5, 5.41) is 10.5. The Morgan fingerprint density at radius 3 is 2.29 bits per heavy atom. The van der Waals surface area contributed by atoms with Crippen molar-refractivity contribution in [3.05, 3.63) is 59.4 Å². The van der Waals surface area contributed by atoms with Crippen molar-refractivity contribution in [2.45, 2.75) is 18.8 Å². The number of aliphatic imine (C=N–C) groups is 1. The second-order valence-electron chi connectivity index (χ2n) is 6.46. The van der Waals surface area contributed by atoms with Crippen LogP contribution in [-0.2, 0) is 4.79 Å². The van der Waals surface area contributed by atoms with Crippen molar-refractivity contribution < 1.29 is 24.1 Å². The lowest BCUT2D eigenvalue weighted by atomic mass is 9.83. The van der Waals surface area contributed by atoms with E-state index in [0.717, 1.165) is 11.3 Å². The molecular formula is C22H23NO5. The first kappa shape index (κ1) is 19.5. The summed E-state index contributed by atoms with van der Waals surface area (Å²) in [7, 11) is 4.74. The fraction of sp³-hybridized carbons (Fsp3) is 0.273. The second-order valence-corrected chi connectivity index (χ2v) is 6.46. The number of nitrogens with zero attached hydrogens (tertiary/aromatic N) is 1. The van der Waals surface area contributed by atoms with Crippen LogP contribution in [0.25, 0.3) is 0 Å². The topological polar surface area (TPSA) is 77.3 Å². The van der Waals surface area contributed by atoms with E-state index in [1.54, 1.807) is 51.7 Å². The number of aliphatic hydroxyl groups is 1. The fourth-order valence-corrected chi connectivity index (χ4v) is 3.21. The van der Waals surface area contributed by atoms with Crippen LogP contribution in [-0.4, -0.2) is 38.4 Å². The lowest BCUT2D eigenvalue weighted by molar-refractivity contribution is -0.116. The number of benzene rings is 2. The molecule has 2 aromatic rings. The molecule has 6 heteroatoms. The minimum atomic E-state index is -0.138. The molecule has 0 saturated carbocycles. The SMILES string of the molecule is COc1ccc(N=CC2=C(O)CC(c3ccc(OC)c(OC)c3)CC2=O)cc1. The van der Waals surface area contributed by atoms with Crippen LogP contribution >= 0.6 is 0 Å². The number of ketones is 1. The maximum absolute atomic E-state index is 12.6. The van der Waals surface area contributed by atoms with Crippen LogP contribution in [0.5, 0.6) is 17.2 Å². The predicted octanol–water partition coefficient (Wildman–Crippen LogP) is 4.37. The smallest absolute Gasteiger partial charge is 0.168 e. The molecule has 0 bridgehead atoms. The zero-order valence-corrected chi connectivity index (χ0v) is 16.1. The van der Waals surface area contributed by atoms with Gasteiger partial charge in [0.25, 0.3) is 0 Å². The summed E-state index contributed by atoms with van der Waals surface area (Å²) in [6, 6.07) is 12.7. The van der Waals surface area contributed by atoms with Crippen molar-refractivity contribution in [1.82, 2.24) is 0 Å². The van der Waals surface area contributed by atoms with Crippen LogP contribution in [0.3, 0.4) is 0 Å². The van der Waals surface area contributed by atoms with E-state index >= 15 is 0 Å². The van der Waals surface area contributed by atoms with Gasteiger partial charge in [-0.25, -0.2) is 0 Å². The molecule has 6 nitrogen and oxygen atoms in total. The van der Waals surface area contributed by atoms with Gasteiger partial charge in [0, 0.05) is 19.1 Å². The van der Waals surface area contributed by atoms with E-state index in [0.29, 0.717) is 30.0 Å². The maximum Gasteiger partial charge on any atom is 0.168 e. The number of methoxy groups -OCH3 is 3. The van der Waals surface area contributed by atoms with Gasteiger partial charge in [0.05, 0.1) is 32.6 Å². The molecular weight excluding hydrogens is 358 g/mol. The van der Waals surface area contributed by atoms with E-state index < -0.39 is 0 Å². The standard InChI is InChI=1S/C22H23NO5/c1-26-17-7-5-16(6-8-17)23-13-18-19(24)10-15(11-20(18)25)14-4-9-21(27-2)22(12-14)28-3/h4-9,12-13,15,24H,10-11H2,1-3H3. The van der Waals surface area contributed by atoms with Crippen LogP contribution in [0, 0.1) is 0 Å². The third kappa shape index (κ3) is 4.17. The molecule has 1 aliphatic rings. The molecule has 0 radical (unpaired) electrons. The molecule has 0 amide bonds. The summed E-state index contributed by atoms with van der Waals surface area (Å²) in [4.78, 5) is 16.9. The molecule has 3 rings (SSSR count). The number of aliphatic hydroxyl groups excluding tert-OH is 1. The molecule has 1 aliphatic carbocycles. The lowest BCUT2D eigenvalue weighted by Gasteiger charge is -2.23. The van der Waals surface area contributed by atoms with Crippen molar-refractivity contribution in [2.24, 2.45) is 4.99 Å². The summed E-state index contributed by atoms with van der Waals surface area (Å²) in [5.74, 6) is 1.75. The molecule has 146 valence electrons. The minimum absolute atomic E-state index is 0.0493. The van der Waals surface area contributed by atoms with E-state index in [1.807, 2.05) is 12.1 Å². The Morgan fingerprint density at radius 2 is 1.68 bits per heavy atom. The first-order valence-corrected chi connectivity index (χ1v) is 8.91. The Kier molecular flexibility index (Phi) is 5.99. The highest BCUT2D eigenvalue weighted by atomic mass is 16.5. The Labute approximate surface area is 164 Å². The van der Waals surface area contributed by atoms with E-state index in [2.05, 4.69) is 4.99 Å². The average Bonchev–Trinajstić information content (AvgIpc) is 2.72. The molecule has 0 saturated heterocycles. The van der Waals surface area contributed by atoms with Crippen LogP contribution in [0.4, 0.5) is 5.69 Å². The van der Waals surface area contributed by atoms with Gasteiger partial charge in [0.15, 0.2) is 17.3 Å². The zero-order valence-electron chi connectivity index (χ0n) is 16.1. The molecule has 1 N–H and O–H groups in total. The molecule has 1 unspecified atom stereocenters. The van der Waals surface area contributed by atoms with E-state index in [9.17, 15) is 9.90 Å². The monoisotopic (exact) mass is 381 g/mol. The number of hydrogen-bond acceptors (Lipinski definition) is 6. The molecule has 0 aliphatic heterocycles. The number of ether oxygens (including phenoxy) is 3. The summed E-state index contributed by atoms with van der Waals surface area (Å²) < 4.78 is 15.7. The largest absolute Gasteiger partial charge is 0.511 e. The van der Waals surface area contributed by atoms with Crippen molar-refractivity contribution in [3.63, 3.8) is 0 Å². The molecule has 28 heavy (non-hydrogen) atoms. The van der Waals surface area contributed by atoms with Gasteiger partial charge in [-0.2, -0.15) is 0 Å². The third-order valence-corrected chi connectivity index (χ3v) is 4.78. The highest BCUT2D eigenvalue weighted by Crippen LogP contribution is 2.37. The van der Waals surface area contributed by atoms with Crippen LogP contribution < -0.4 is 14.2 Å². The fourth-order valence-electron chi connectivity index (χ4n) is 3.21. The van der Waals surface area contributed by atoms with Gasteiger partial charge in [0.2, 0.25) is 0 Å². The Bertz CT molecular complexity index is 915. The van der Waals surface area contributed by atoms with Gasteiger partial charge in [-0.3, -0.25) is 9.79 Å². The Morgan fingerprint density at radius 1 is 0.964 bits per heavy atom. The van der Waals surface area contributed by atoms with Crippen molar-refractivity contribution in [3.8, 4) is 17.2 Å². The Balaban J connectivity index is 1.79. The van der Waals surface area contributed by atoms with Crippen LogP contribution in [0.1, 0.15) is 24.3 Å². The van der Waals surface area contributed by atoms with Gasteiger partial charge in [0.1, 0.15) is 11.5 Å². The normalized spacial score (nSPS) is 17.1. The summed E-state index contributed by atoms with van der Waals surface area (Å²) >= 11 is 0. The predicted molar refractivity (Wildman–Crippen MR) is 107 cm³/mol. The van der Waals surface area contributed by atoms with Gasteiger partial charge < -0.3 is 19.3 Å². The van der Waals surface area contributed by atoms with E-state index in [-0.39, 0.29) is 23.0 Å². The molecule has 2 aromatic carbocycles. The van der Waals surface area contributed by atoms with Crippen LogP contribution in [0.2, 0.25) is 0 Å². The highest BCUT2D eigenvalue weighted by Gasteiger charge is 2.28. The first-order valence-electron chi connectivity index (χ1n) is 8.91. The average molecular weight is 381 g/mol. The highest BCUT2D eigenvalue weighted by molar-refractivity contribution is 6.15. The number of rotatable bonds is 6. The molecule has 0 spiro atoms. The maximum atomic E-state index is 12.6. The summed E-state index contributed by atoms with van der Waals surface area (Å²) in [6.07, 6.45) is 2.10. The zero-order chi connectivity index (χ0) is 20.1.